The van der Waals surface area contributed by atoms with Crippen molar-refractivity contribution in [3.63, 3.8) is 0 Å². The standard InChI is InChI=1S/C34H54O6/c1-29(2,3)33(30(4,5)6)21-23(17-19-25(33)35)39-27(37)15-13-14-16-28(38)40-24-18-20-26(36)34(22-24,31(7,8)9)32(10,11)12/h17-20,35-36H,13-16,21-22H2,1-12H3. The van der Waals surface area contributed by atoms with Crippen LogP contribution in [-0.2, 0) is 19.1 Å². The van der Waals surface area contributed by atoms with Crippen molar-refractivity contribution in [2.24, 2.45) is 32.5 Å². The third-order valence-corrected chi connectivity index (χ3v) is 9.23. The number of carbonyl (C=O) groups excluding carboxylic acids is 2. The average Bonchev–Trinajstić information content (AvgIpc) is 2.76. The summed E-state index contributed by atoms with van der Waals surface area (Å²) in [5.41, 5.74) is -2.21. The van der Waals surface area contributed by atoms with Crippen LogP contribution in [0.2, 0.25) is 0 Å². The number of aliphatic hydroxyl groups is 2. The summed E-state index contributed by atoms with van der Waals surface area (Å²) in [5, 5.41) is 21.8. The van der Waals surface area contributed by atoms with Crippen molar-refractivity contribution in [2.75, 3.05) is 0 Å². The van der Waals surface area contributed by atoms with Gasteiger partial charge >= 0.3 is 11.9 Å². The molecule has 0 aromatic heterocycles. The number of aliphatic hydroxyl groups excluding tert-OH is 2. The molecule has 6 heteroatoms. The zero-order valence-electron chi connectivity index (χ0n) is 27.1. The Bertz CT molecular complexity index is 971. The maximum atomic E-state index is 12.7. The fourth-order valence-corrected chi connectivity index (χ4v) is 7.37. The van der Waals surface area contributed by atoms with Crippen LogP contribution in [0.15, 0.2) is 47.3 Å². The Hall–Kier alpha value is -2.50. The molecule has 0 aliphatic heterocycles. The van der Waals surface area contributed by atoms with Gasteiger partial charge in [0.25, 0.3) is 0 Å². The molecule has 2 aliphatic rings. The third-order valence-electron chi connectivity index (χ3n) is 9.23. The number of hydrogen-bond donors (Lipinski definition) is 2. The van der Waals surface area contributed by atoms with Crippen LogP contribution >= 0.6 is 0 Å². The lowest BCUT2D eigenvalue weighted by Crippen LogP contribution is -2.49. The first-order valence-corrected chi connectivity index (χ1v) is 14.6. The summed E-state index contributed by atoms with van der Waals surface area (Å²) in [6.07, 6.45) is 8.92. The summed E-state index contributed by atoms with van der Waals surface area (Å²) in [5.74, 6) is 1.03. The Balaban J connectivity index is 1.93. The van der Waals surface area contributed by atoms with Gasteiger partial charge in [-0.05, 0) is 58.8 Å². The van der Waals surface area contributed by atoms with Gasteiger partial charge in [0.1, 0.15) is 11.5 Å². The number of esters is 2. The second-order valence-corrected chi connectivity index (χ2v) is 15.7. The first kappa shape index (κ1) is 33.7. The second kappa shape index (κ2) is 11.4. The quantitative estimate of drug-likeness (QED) is 0.239. The molecule has 2 aliphatic carbocycles. The van der Waals surface area contributed by atoms with Crippen molar-refractivity contribution < 1.29 is 29.3 Å². The van der Waals surface area contributed by atoms with Gasteiger partial charge in [-0.1, -0.05) is 83.1 Å². The van der Waals surface area contributed by atoms with Gasteiger partial charge in [0.05, 0.1) is 11.5 Å². The number of ether oxygens (including phenoxy) is 2. The van der Waals surface area contributed by atoms with E-state index in [0.717, 1.165) is 0 Å². The summed E-state index contributed by atoms with van der Waals surface area (Å²) in [6.45, 7) is 25.2. The molecule has 2 N–H and O–H groups in total. The zero-order chi connectivity index (χ0) is 30.9. The van der Waals surface area contributed by atoms with Gasteiger partial charge in [0.2, 0.25) is 0 Å². The Morgan fingerprint density at radius 3 is 1.12 bits per heavy atom. The van der Waals surface area contributed by atoms with E-state index in [9.17, 15) is 19.8 Å². The predicted octanol–water partition coefficient (Wildman–Crippen LogP) is 9.25. The van der Waals surface area contributed by atoms with Crippen LogP contribution in [-0.4, -0.2) is 22.2 Å². The highest BCUT2D eigenvalue weighted by atomic mass is 16.5. The van der Waals surface area contributed by atoms with Crippen LogP contribution in [0, 0.1) is 32.5 Å². The smallest absolute Gasteiger partial charge is 0.310 e. The Morgan fingerprint density at radius 2 is 0.875 bits per heavy atom. The first-order chi connectivity index (χ1) is 18.0. The highest BCUT2D eigenvalue weighted by Gasteiger charge is 2.56. The minimum atomic E-state index is -0.578. The third kappa shape index (κ3) is 6.52. The molecule has 0 bridgehead atoms. The van der Waals surface area contributed by atoms with E-state index in [0.29, 0.717) is 48.7 Å². The van der Waals surface area contributed by atoms with Gasteiger partial charge in [0, 0.05) is 36.5 Å². The topological polar surface area (TPSA) is 93.1 Å². The van der Waals surface area contributed by atoms with Crippen LogP contribution in [0.1, 0.15) is 122 Å². The van der Waals surface area contributed by atoms with Gasteiger partial charge < -0.3 is 19.7 Å². The summed E-state index contributed by atoms with van der Waals surface area (Å²) < 4.78 is 11.4. The van der Waals surface area contributed by atoms with Gasteiger partial charge in [0.15, 0.2) is 0 Å². The molecule has 2 rings (SSSR count). The molecular formula is C34H54O6. The zero-order valence-corrected chi connectivity index (χ0v) is 27.1. The minimum absolute atomic E-state index is 0.189. The lowest BCUT2D eigenvalue weighted by molar-refractivity contribution is -0.143. The summed E-state index contributed by atoms with van der Waals surface area (Å²) in [6, 6.07) is 0. The fourth-order valence-electron chi connectivity index (χ4n) is 7.37. The molecular weight excluding hydrogens is 504 g/mol. The van der Waals surface area contributed by atoms with Crippen molar-refractivity contribution in [3.05, 3.63) is 47.3 Å². The molecule has 0 fully saturated rings. The Morgan fingerprint density at radius 1 is 0.600 bits per heavy atom. The molecule has 0 aromatic rings. The van der Waals surface area contributed by atoms with E-state index in [2.05, 4.69) is 83.1 Å². The van der Waals surface area contributed by atoms with E-state index in [1.807, 2.05) is 0 Å². The summed E-state index contributed by atoms with van der Waals surface area (Å²) in [4.78, 5) is 25.3. The van der Waals surface area contributed by atoms with Crippen LogP contribution in [0.5, 0.6) is 0 Å². The van der Waals surface area contributed by atoms with Crippen LogP contribution in [0.3, 0.4) is 0 Å². The van der Waals surface area contributed by atoms with Gasteiger partial charge in [-0.15, -0.1) is 0 Å². The normalized spacial score (nSPS) is 19.6. The predicted molar refractivity (Wildman–Crippen MR) is 160 cm³/mol. The van der Waals surface area contributed by atoms with Crippen molar-refractivity contribution >= 4 is 11.9 Å². The Kier molecular flexibility index (Phi) is 9.61. The highest BCUT2D eigenvalue weighted by molar-refractivity contribution is 5.72. The molecule has 226 valence electrons. The van der Waals surface area contributed by atoms with E-state index in [-0.39, 0.29) is 46.4 Å². The monoisotopic (exact) mass is 558 g/mol. The van der Waals surface area contributed by atoms with Gasteiger partial charge in [-0.25, -0.2) is 0 Å². The molecule has 0 radical (unpaired) electrons. The van der Waals surface area contributed by atoms with Crippen LogP contribution in [0.4, 0.5) is 0 Å². The molecule has 0 unspecified atom stereocenters. The molecule has 40 heavy (non-hydrogen) atoms. The lowest BCUT2D eigenvalue weighted by atomic mass is 9.50. The number of unbranched alkanes of at least 4 members (excludes halogenated alkanes) is 1. The molecule has 0 saturated carbocycles. The largest absolute Gasteiger partial charge is 0.512 e. The number of allylic oxidation sites excluding steroid dienone is 8. The minimum Gasteiger partial charge on any atom is -0.512 e. The van der Waals surface area contributed by atoms with E-state index in [1.54, 1.807) is 24.3 Å². The van der Waals surface area contributed by atoms with E-state index < -0.39 is 10.8 Å². The molecule has 6 nitrogen and oxygen atoms in total. The molecule has 0 atom stereocenters. The molecule has 0 spiro atoms. The molecule has 0 amide bonds. The number of carbonyl (C=O) groups is 2. The molecule has 0 heterocycles. The molecule has 0 saturated heterocycles. The summed E-state index contributed by atoms with van der Waals surface area (Å²) >= 11 is 0. The van der Waals surface area contributed by atoms with E-state index >= 15 is 0 Å². The van der Waals surface area contributed by atoms with Crippen molar-refractivity contribution in [1.29, 1.82) is 0 Å². The number of rotatable bonds is 7. The Labute approximate surface area is 242 Å². The highest BCUT2D eigenvalue weighted by Crippen LogP contribution is 2.61. The number of hydrogen-bond acceptors (Lipinski definition) is 6. The maximum Gasteiger partial charge on any atom is 0.310 e. The van der Waals surface area contributed by atoms with Crippen molar-refractivity contribution in [2.45, 2.75) is 122 Å². The maximum absolute atomic E-state index is 12.7. The summed E-state index contributed by atoms with van der Waals surface area (Å²) in [7, 11) is 0. The van der Waals surface area contributed by atoms with Crippen LogP contribution < -0.4 is 0 Å². The van der Waals surface area contributed by atoms with Crippen molar-refractivity contribution in [3.8, 4) is 0 Å². The van der Waals surface area contributed by atoms with E-state index in [4.69, 9.17) is 9.47 Å². The SMILES string of the molecule is CC(C)(C)C1(C(C)(C)C)CC(OC(=O)CCCCC(=O)OC2=CC=C(O)C(C(C)(C)C)(C(C)(C)C)C2)=CC=C1O. The molecule has 0 aromatic carbocycles. The van der Waals surface area contributed by atoms with E-state index in [1.165, 1.54) is 0 Å². The van der Waals surface area contributed by atoms with Crippen LogP contribution in [0.25, 0.3) is 0 Å². The average molecular weight is 559 g/mol. The second-order valence-electron chi connectivity index (χ2n) is 15.7. The van der Waals surface area contributed by atoms with Gasteiger partial charge in [-0.2, -0.15) is 0 Å². The lowest BCUT2D eigenvalue weighted by Gasteiger charge is -2.54. The van der Waals surface area contributed by atoms with Gasteiger partial charge in [-0.3, -0.25) is 9.59 Å². The fraction of sp³-hybridized carbons (Fsp3) is 0.706. The first-order valence-electron chi connectivity index (χ1n) is 14.6. The van der Waals surface area contributed by atoms with Crippen molar-refractivity contribution in [1.82, 2.24) is 0 Å².